The summed E-state index contributed by atoms with van der Waals surface area (Å²) in [5.74, 6) is 2.95. The predicted octanol–water partition coefficient (Wildman–Crippen LogP) is 3.70. The molecule has 0 bridgehead atoms. The second-order valence-corrected chi connectivity index (χ2v) is 11.5. The van der Waals surface area contributed by atoms with E-state index in [9.17, 15) is 0 Å². The Labute approximate surface area is 223 Å². The molecule has 0 aliphatic carbocycles. The molecule has 10 nitrogen and oxygen atoms in total. The van der Waals surface area contributed by atoms with Gasteiger partial charge < -0.3 is 20.0 Å². The molecule has 0 spiro atoms. The van der Waals surface area contributed by atoms with E-state index < -0.39 is 0 Å². The van der Waals surface area contributed by atoms with E-state index in [4.69, 9.17) is 15.1 Å². The molecule has 2 fully saturated rings. The SMILES string of the molecule is CC(C)(C)c1ccc(N2CCN(CC3CCCN(c4nc(N)n5nc(-c6ccco6)nc5n4)C3)CC2)cc1. The third-order valence-electron chi connectivity index (χ3n) is 7.75. The van der Waals surface area contributed by atoms with Crippen molar-refractivity contribution < 1.29 is 4.42 Å². The number of nitrogens with zero attached hydrogens (tertiary/aromatic N) is 8. The van der Waals surface area contributed by atoms with Gasteiger partial charge in [-0.3, -0.25) is 4.90 Å². The van der Waals surface area contributed by atoms with Crippen molar-refractivity contribution in [3.8, 4) is 11.6 Å². The Morgan fingerprint density at radius 1 is 0.947 bits per heavy atom. The molecule has 2 aliphatic rings. The average Bonchev–Trinajstić information content (AvgIpc) is 3.60. The van der Waals surface area contributed by atoms with Crippen LogP contribution in [0.1, 0.15) is 39.2 Å². The predicted molar refractivity (Wildman–Crippen MR) is 149 cm³/mol. The largest absolute Gasteiger partial charge is 0.461 e. The minimum absolute atomic E-state index is 0.186. The molecule has 2 N–H and O–H groups in total. The number of nitrogens with two attached hydrogens (primary N) is 1. The molecule has 1 atom stereocenters. The lowest BCUT2D eigenvalue weighted by atomic mass is 9.87. The van der Waals surface area contributed by atoms with Crippen LogP contribution in [0.4, 0.5) is 17.6 Å². The number of anilines is 3. The van der Waals surface area contributed by atoms with Crippen molar-refractivity contribution in [3.63, 3.8) is 0 Å². The Hall–Kier alpha value is -3.66. The summed E-state index contributed by atoms with van der Waals surface area (Å²) in [5, 5.41) is 4.41. The molecular weight excluding hydrogens is 478 g/mol. The summed E-state index contributed by atoms with van der Waals surface area (Å²) in [5.41, 5.74) is 9.14. The maximum absolute atomic E-state index is 6.24. The third kappa shape index (κ3) is 5.05. The lowest BCUT2D eigenvalue weighted by molar-refractivity contribution is 0.205. The fourth-order valence-electron chi connectivity index (χ4n) is 5.57. The number of nitrogen functional groups attached to an aromatic ring is 1. The molecule has 0 saturated carbocycles. The summed E-state index contributed by atoms with van der Waals surface area (Å²) in [6.45, 7) is 14.0. The number of fused-ring (bicyclic) bond motifs is 1. The Morgan fingerprint density at radius 3 is 2.45 bits per heavy atom. The first kappa shape index (κ1) is 24.7. The molecule has 1 unspecified atom stereocenters. The van der Waals surface area contributed by atoms with Gasteiger partial charge in [0.05, 0.1) is 6.26 Å². The second-order valence-electron chi connectivity index (χ2n) is 11.5. The van der Waals surface area contributed by atoms with Crippen LogP contribution < -0.4 is 15.5 Å². The van der Waals surface area contributed by atoms with E-state index in [-0.39, 0.29) is 11.4 Å². The Kier molecular flexibility index (Phi) is 6.43. The number of benzene rings is 1. The van der Waals surface area contributed by atoms with Crippen molar-refractivity contribution in [2.75, 3.05) is 61.3 Å². The van der Waals surface area contributed by atoms with Crippen LogP contribution in [0.15, 0.2) is 47.1 Å². The van der Waals surface area contributed by atoms with Crippen LogP contribution in [-0.4, -0.2) is 75.3 Å². The van der Waals surface area contributed by atoms with Crippen molar-refractivity contribution >= 4 is 23.4 Å². The molecule has 2 saturated heterocycles. The molecule has 5 heterocycles. The highest BCUT2D eigenvalue weighted by Gasteiger charge is 2.27. The highest BCUT2D eigenvalue weighted by molar-refractivity contribution is 5.53. The Balaban J connectivity index is 1.07. The van der Waals surface area contributed by atoms with Gasteiger partial charge in [0.1, 0.15) is 0 Å². The maximum Gasteiger partial charge on any atom is 0.259 e. The smallest absolute Gasteiger partial charge is 0.259 e. The summed E-state index contributed by atoms with van der Waals surface area (Å²) < 4.78 is 6.90. The molecule has 6 rings (SSSR count). The molecular formula is C28H37N9O. The first-order valence-electron chi connectivity index (χ1n) is 13.6. The van der Waals surface area contributed by atoms with Crippen molar-refractivity contribution in [1.82, 2.24) is 29.5 Å². The molecule has 4 aromatic rings. The van der Waals surface area contributed by atoms with Gasteiger partial charge in [0, 0.05) is 51.5 Å². The van der Waals surface area contributed by atoms with Crippen molar-refractivity contribution in [2.45, 2.75) is 39.0 Å². The maximum atomic E-state index is 6.24. The zero-order valence-electron chi connectivity index (χ0n) is 22.5. The van der Waals surface area contributed by atoms with E-state index in [1.54, 1.807) is 12.3 Å². The van der Waals surface area contributed by atoms with Gasteiger partial charge in [-0.05, 0) is 54.0 Å². The molecule has 3 aromatic heterocycles. The van der Waals surface area contributed by atoms with Gasteiger partial charge >= 0.3 is 0 Å². The molecule has 0 radical (unpaired) electrons. The monoisotopic (exact) mass is 515 g/mol. The minimum Gasteiger partial charge on any atom is -0.461 e. The molecule has 10 heteroatoms. The molecule has 1 aromatic carbocycles. The highest BCUT2D eigenvalue weighted by Crippen LogP contribution is 2.27. The molecule has 0 amide bonds. The molecule has 38 heavy (non-hydrogen) atoms. The van der Waals surface area contributed by atoms with Gasteiger partial charge in [0.15, 0.2) is 5.76 Å². The van der Waals surface area contributed by atoms with Gasteiger partial charge in [-0.25, -0.2) is 0 Å². The number of hydrogen-bond donors (Lipinski definition) is 1. The van der Waals surface area contributed by atoms with Crippen LogP contribution in [0.2, 0.25) is 0 Å². The van der Waals surface area contributed by atoms with E-state index in [1.807, 2.05) is 6.07 Å². The summed E-state index contributed by atoms with van der Waals surface area (Å²) in [6, 6.07) is 12.7. The fourth-order valence-corrected chi connectivity index (χ4v) is 5.57. The Bertz CT molecular complexity index is 1370. The van der Waals surface area contributed by atoms with Crippen LogP contribution in [0.25, 0.3) is 17.4 Å². The van der Waals surface area contributed by atoms with Gasteiger partial charge in [-0.2, -0.15) is 19.5 Å². The zero-order chi connectivity index (χ0) is 26.3. The van der Waals surface area contributed by atoms with Gasteiger partial charge in [-0.15, -0.1) is 5.10 Å². The summed E-state index contributed by atoms with van der Waals surface area (Å²) in [4.78, 5) is 21.2. The lowest BCUT2D eigenvalue weighted by Gasteiger charge is -2.40. The standard InChI is InChI=1S/C28H37N9O/c1-28(2,3)21-8-10-22(11-9-21)35-15-13-34(14-16-35)18-20-6-4-12-36(19-20)26-31-25(29)37-27(32-26)30-24(33-37)23-7-5-17-38-23/h5,7-11,17,20H,4,6,12-16,18-19H2,1-3H3,(H2,29,30,31,32,33). The topological polar surface area (TPSA) is 105 Å². The number of piperidine rings is 1. The minimum atomic E-state index is 0.186. The number of rotatable bonds is 5. The second kappa shape index (κ2) is 9.90. The van der Waals surface area contributed by atoms with Crippen LogP contribution >= 0.6 is 0 Å². The summed E-state index contributed by atoms with van der Waals surface area (Å²) in [7, 11) is 0. The van der Waals surface area contributed by atoms with Crippen LogP contribution in [0.3, 0.4) is 0 Å². The lowest BCUT2D eigenvalue weighted by Crippen LogP contribution is -2.49. The van der Waals surface area contributed by atoms with Crippen molar-refractivity contribution in [3.05, 3.63) is 48.2 Å². The number of furan rings is 1. The molecule has 2 aliphatic heterocycles. The van der Waals surface area contributed by atoms with Gasteiger partial charge in [0.2, 0.25) is 17.7 Å². The van der Waals surface area contributed by atoms with Crippen molar-refractivity contribution in [1.29, 1.82) is 0 Å². The Morgan fingerprint density at radius 2 is 1.74 bits per heavy atom. The van der Waals surface area contributed by atoms with Crippen LogP contribution in [0.5, 0.6) is 0 Å². The number of hydrogen-bond acceptors (Lipinski definition) is 9. The van der Waals surface area contributed by atoms with Crippen molar-refractivity contribution in [2.24, 2.45) is 5.92 Å². The highest BCUT2D eigenvalue weighted by atomic mass is 16.3. The van der Waals surface area contributed by atoms with Crippen LogP contribution in [0, 0.1) is 5.92 Å². The normalized spacial score (nSPS) is 19.4. The quantitative estimate of drug-likeness (QED) is 0.426. The van der Waals surface area contributed by atoms with Crippen LogP contribution in [-0.2, 0) is 5.41 Å². The van der Waals surface area contributed by atoms with E-state index in [0.717, 1.165) is 52.2 Å². The average molecular weight is 516 g/mol. The number of aromatic nitrogens is 5. The van der Waals surface area contributed by atoms with E-state index in [1.165, 1.54) is 22.2 Å². The number of piperazine rings is 1. The van der Waals surface area contributed by atoms with E-state index in [2.05, 4.69) is 74.8 Å². The summed E-state index contributed by atoms with van der Waals surface area (Å²) >= 11 is 0. The summed E-state index contributed by atoms with van der Waals surface area (Å²) in [6.07, 6.45) is 3.93. The van der Waals surface area contributed by atoms with Gasteiger partial charge in [-0.1, -0.05) is 32.9 Å². The first-order chi connectivity index (χ1) is 18.3. The van der Waals surface area contributed by atoms with E-state index >= 15 is 0 Å². The molecule has 200 valence electrons. The van der Waals surface area contributed by atoms with E-state index in [0.29, 0.717) is 29.2 Å². The zero-order valence-corrected chi connectivity index (χ0v) is 22.5. The third-order valence-corrected chi connectivity index (χ3v) is 7.75. The first-order valence-corrected chi connectivity index (χ1v) is 13.6. The fraction of sp³-hybridized carbons (Fsp3) is 0.500. The van der Waals surface area contributed by atoms with Gasteiger partial charge in [0.25, 0.3) is 5.78 Å².